The zero-order valence-electron chi connectivity index (χ0n) is 15.9. The van der Waals surface area contributed by atoms with Gasteiger partial charge < -0.3 is 10.2 Å². The molecule has 1 N–H and O–H groups in total. The molecule has 4 nitrogen and oxygen atoms in total. The quantitative estimate of drug-likeness (QED) is 0.699. The molecule has 132 valence electrons. The van der Waals surface area contributed by atoms with E-state index in [2.05, 4.69) is 91.9 Å². The molecule has 0 bridgehead atoms. The number of fused-ring (bicyclic) bond motifs is 1. The number of aromatic nitrogens is 2. The maximum atomic E-state index is 4.90. The molecular weight excluding hydrogens is 308 g/mol. The van der Waals surface area contributed by atoms with Gasteiger partial charge in [-0.2, -0.15) is 0 Å². The summed E-state index contributed by atoms with van der Waals surface area (Å²) in [7, 11) is 4.12. The first-order chi connectivity index (χ1) is 12.0. The molecule has 2 heterocycles. The lowest BCUT2D eigenvalue weighted by Gasteiger charge is -2.14. The van der Waals surface area contributed by atoms with Gasteiger partial charge in [-0.25, -0.2) is 4.98 Å². The maximum Gasteiger partial charge on any atom is 0.139 e. The lowest BCUT2D eigenvalue weighted by molar-refractivity contribution is 0.606. The van der Waals surface area contributed by atoms with Crippen molar-refractivity contribution in [2.24, 2.45) is 5.92 Å². The van der Waals surface area contributed by atoms with Crippen molar-refractivity contribution in [1.82, 2.24) is 9.38 Å². The summed E-state index contributed by atoms with van der Waals surface area (Å²) in [5, 5.41) is 3.63. The van der Waals surface area contributed by atoms with Crippen molar-refractivity contribution in [2.45, 2.75) is 27.2 Å². The van der Waals surface area contributed by atoms with Gasteiger partial charge >= 0.3 is 0 Å². The Morgan fingerprint density at radius 3 is 2.44 bits per heavy atom. The largest absolute Gasteiger partial charge is 0.378 e. The zero-order chi connectivity index (χ0) is 18.0. The molecule has 0 spiro atoms. The lowest BCUT2D eigenvalue weighted by atomic mass is 10.1. The third-order valence-electron chi connectivity index (χ3n) is 4.51. The van der Waals surface area contributed by atoms with E-state index in [1.807, 2.05) is 0 Å². The summed E-state index contributed by atoms with van der Waals surface area (Å²) in [5.41, 5.74) is 5.52. The van der Waals surface area contributed by atoms with Gasteiger partial charge in [0, 0.05) is 37.6 Å². The first-order valence-electron chi connectivity index (χ1n) is 8.97. The number of rotatable bonds is 6. The number of benzene rings is 1. The number of anilines is 2. The zero-order valence-corrected chi connectivity index (χ0v) is 15.9. The summed E-state index contributed by atoms with van der Waals surface area (Å²) in [6, 6.07) is 14.8. The highest BCUT2D eigenvalue weighted by atomic mass is 15.1. The molecule has 3 rings (SSSR count). The Morgan fingerprint density at radius 2 is 1.80 bits per heavy atom. The van der Waals surface area contributed by atoms with Crippen molar-refractivity contribution in [2.75, 3.05) is 30.9 Å². The van der Waals surface area contributed by atoms with Crippen molar-refractivity contribution in [1.29, 1.82) is 0 Å². The molecule has 0 radical (unpaired) electrons. The van der Waals surface area contributed by atoms with Crippen LogP contribution in [0.15, 0.2) is 42.5 Å². The van der Waals surface area contributed by atoms with Gasteiger partial charge in [0.1, 0.15) is 17.2 Å². The Kier molecular flexibility index (Phi) is 4.98. The standard InChI is InChI=1S/C21H28N4/c1-15(2)13-14-22-21-20(17-9-11-18(12-10-17)24(4)5)23-19-8-6-7-16(3)25(19)21/h6-12,15,22H,13-14H2,1-5H3. The van der Waals surface area contributed by atoms with Crippen LogP contribution in [-0.4, -0.2) is 30.0 Å². The first-order valence-corrected chi connectivity index (χ1v) is 8.97. The highest BCUT2D eigenvalue weighted by Gasteiger charge is 2.15. The lowest BCUT2D eigenvalue weighted by Crippen LogP contribution is -2.09. The summed E-state index contributed by atoms with van der Waals surface area (Å²) in [5.74, 6) is 1.77. The van der Waals surface area contributed by atoms with Crippen LogP contribution in [0.4, 0.5) is 11.5 Å². The average molecular weight is 336 g/mol. The van der Waals surface area contributed by atoms with Crippen molar-refractivity contribution >= 4 is 17.2 Å². The second-order valence-corrected chi connectivity index (χ2v) is 7.22. The van der Waals surface area contributed by atoms with Crippen molar-refractivity contribution < 1.29 is 0 Å². The predicted molar refractivity (Wildman–Crippen MR) is 108 cm³/mol. The van der Waals surface area contributed by atoms with Crippen LogP contribution in [0.1, 0.15) is 26.0 Å². The van der Waals surface area contributed by atoms with Gasteiger partial charge in [-0.3, -0.25) is 4.40 Å². The van der Waals surface area contributed by atoms with E-state index in [0.717, 1.165) is 35.7 Å². The Balaban J connectivity index is 2.05. The van der Waals surface area contributed by atoms with E-state index in [1.54, 1.807) is 0 Å². The Labute approximate surface area is 150 Å². The van der Waals surface area contributed by atoms with Gasteiger partial charge in [-0.1, -0.05) is 32.0 Å². The normalized spacial score (nSPS) is 11.3. The minimum atomic E-state index is 0.676. The Morgan fingerprint density at radius 1 is 1.08 bits per heavy atom. The molecular formula is C21H28N4. The highest BCUT2D eigenvalue weighted by Crippen LogP contribution is 2.31. The van der Waals surface area contributed by atoms with Crippen LogP contribution in [-0.2, 0) is 0 Å². The highest BCUT2D eigenvalue weighted by molar-refractivity contribution is 5.77. The number of hydrogen-bond donors (Lipinski definition) is 1. The Hall–Kier alpha value is -2.49. The third-order valence-corrected chi connectivity index (χ3v) is 4.51. The number of hydrogen-bond acceptors (Lipinski definition) is 3. The van der Waals surface area contributed by atoms with E-state index in [4.69, 9.17) is 4.98 Å². The van der Waals surface area contributed by atoms with Crippen molar-refractivity contribution in [3.8, 4) is 11.3 Å². The Bertz CT molecular complexity index is 844. The van der Waals surface area contributed by atoms with Crippen molar-refractivity contribution in [3.05, 3.63) is 48.2 Å². The molecule has 0 amide bonds. The molecule has 0 saturated carbocycles. The van der Waals surface area contributed by atoms with Gasteiger partial charge in [0.25, 0.3) is 0 Å². The summed E-state index contributed by atoms with van der Waals surface area (Å²) < 4.78 is 2.22. The van der Waals surface area contributed by atoms with Crippen LogP contribution < -0.4 is 10.2 Å². The fourth-order valence-corrected chi connectivity index (χ4v) is 3.02. The van der Waals surface area contributed by atoms with Crippen LogP contribution in [0.2, 0.25) is 0 Å². The fourth-order valence-electron chi connectivity index (χ4n) is 3.02. The SMILES string of the molecule is Cc1cccc2nc(-c3ccc(N(C)C)cc3)c(NCCC(C)C)n12. The minimum absolute atomic E-state index is 0.676. The number of imidazole rings is 1. The second kappa shape index (κ2) is 7.18. The second-order valence-electron chi connectivity index (χ2n) is 7.22. The molecule has 2 aromatic heterocycles. The third kappa shape index (κ3) is 3.63. The smallest absolute Gasteiger partial charge is 0.139 e. The number of aryl methyl sites for hydroxylation is 1. The van der Waals surface area contributed by atoms with Crippen LogP contribution in [0.25, 0.3) is 16.9 Å². The van der Waals surface area contributed by atoms with Crippen LogP contribution in [0, 0.1) is 12.8 Å². The van der Waals surface area contributed by atoms with E-state index in [-0.39, 0.29) is 0 Å². The molecule has 0 saturated heterocycles. The molecule has 0 fully saturated rings. The molecule has 4 heteroatoms. The first kappa shape index (κ1) is 17.3. The molecule has 0 unspecified atom stereocenters. The van der Waals surface area contributed by atoms with Gasteiger partial charge in [0.2, 0.25) is 0 Å². The number of nitrogens with one attached hydrogen (secondary N) is 1. The van der Waals surface area contributed by atoms with Gasteiger partial charge in [0.15, 0.2) is 0 Å². The minimum Gasteiger partial charge on any atom is -0.378 e. The van der Waals surface area contributed by atoms with Crippen LogP contribution in [0.3, 0.4) is 0 Å². The van der Waals surface area contributed by atoms with Crippen LogP contribution >= 0.6 is 0 Å². The molecule has 3 aromatic rings. The monoisotopic (exact) mass is 336 g/mol. The summed E-state index contributed by atoms with van der Waals surface area (Å²) in [6.45, 7) is 7.58. The maximum absolute atomic E-state index is 4.90. The van der Waals surface area contributed by atoms with E-state index >= 15 is 0 Å². The fraction of sp³-hybridized carbons (Fsp3) is 0.381. The number of nitrogens with zero attached hydrogens (tertiary/aromatic N) is 3. The summed E-state index contributed by atoms with van der Waals surface area (Å²) >= 11 is 0. The average Bonchev–Trinajstić information content (AvgIpc) is 2.95. The molecule has 1 aromatic carbocycles. The van der Waals surface area contributed by atoms with E-state index < -0.39 is 0 Å². The molecule has 0 atom stereocenters. The van der Waals surface area contributed by atoms with Gasteiger partial charge in [0.05, 0.1) is 0 Å². The predicted octanol–water partition coefficient (Wildman–Crippen LogP) is 4.83. The molecule has 0 aliphatic rings. The molecule has 0 aliphatic carbocycles. The molecule has 25 heavy (non-hydrogen) atoms. The summed E-state index contributed by atoms with van der Waals surface area (Å²) in [4.78, 5) is 7.01. The van der Waals surface area contributed by atoms with Gasteiger partial charge in [-0.15, -0.1) is 0 Å². The van der Waals surface area contributed by atoms with Crippen molar-refractivity contribution in [3.63, 3.8) is 0 Å². The topological polar surface area (TPSA) is 32.6 Å². The van der Waals surface area contributed by atoms with E-state index in [0.29, 0.717) is 5.92 Å². The number of pyridine rings is 1. The van der Waals surface area contributed by atoms with Gasteiger partial charge in [-0.05, 0) is 43.5 Å². The molecule has 0 aliphatic heterocycles. The summed E-state index contributed by atoms with van der Waals surface area (Å²) in [6.07, 6.45) is 1.14. The van der Waals surface area contributed by atoms with E-state index in [1.165, 1.54) is 11.4 Å². The van der Waals surface area contributed by atoms with E-state index in [9.17, 15) is 0 Å². The van der Waals surface area contributed by atoms with Crippen LogP contribution in [0.5, 0.6) is 0 Å².